The summed E-state index contributed by atoms with van der Waals surface area (Å²) in [6, 6.07) is 6.30. The molecule has 1 amide bonds. The third-order valence-corrected chi connectivity index (χ3v) is 6.14. The molecule has 1 aliphatic heterocycles. The molecule has 36 heavy (non-hydrogen) atoms. The number of hydrogen-bond acceptors (Lipinski definition) is 5. The number of rotatable bonds is 11. The molecule has 2 aromatic carbocycles. The van der Waals surface area contributed by atoms with Crippen LogP contribution in [0.5, 0.6) is 0 Å². The summed E-state index contributed by atoms with van der Waals surface area (Å²) in [6.45, 7) is 14.1. The summed E-state index contributed by atoms with van der Waals surface area (Å²) in [5.74, 6) is -3.63. The molecular formula is C27H39F3N4O2. The zero-order valence-corrected chi connectivity index (χ0v) is 21.9. The van der Waals surface area contributed by atoms with Crippen molar-refractivity contribution in [2.45, 2.75) is 46.6 Å². The Kier molecular flexibility index (Phi) is 11.2. The van der Waals surface area contributed by atoms with Gasteiger partial charge in [0.1, 0.15) is 11.4 Å². The van der Waals surface area contributed by atoms with Gasteiger partial charge in [-0.25, -0.2) is 13.2 Å². The number of nitrogens with one attached hydrogen (secondary N) is 2. The van der Waals surface area contributed by atoms with Crippen molar-refractivity contribution in [2.24, 2.45) is 0 Å². The summed E-state index contributed by atoms with van der Waals surface area (Å²) >= 11 is 0. The molecule has 0 radical (unpaired) electrons. The smallest absolute Gasteiger partial charge is 0.256 e. The maximum absolute atomic E-state index is 14.6. The minimum absolute atomic E-state index is 0.0617. The lowest BCUT2D eigenvalue weighted by atomic mass is 9.92. The summed E-state index contributed by atoms with van der Waals surface area (Å²) in [7, 11) is 0. The van der Waals surface area contributed by atoms with E-state index in [-0.39, 0.29) is 24.3 Å². The highest BCUT2D eigenvalue weighted by atomic mass is 19.2. The van der Waals surface area contributed by atoms with E-state index in [0.29, 0.717) is 12.1 Å². The fraction of sp³-hybridized carbons (Fsp3) is 0.519. The monoisotopic (exact) mass is 508 g/mol. The Bertz CT molecular complexity index is 1010. The molecule has 0 spiro atoms. The van der Waals surface area contributed by atoms with Crippen LogP contribution in [0.1, 0.15) is 50.0 Å². The van der Waals surface area contributed by atoms with E-state index in [1.807, 2.05) is 13.8 Å². The number of aliphatic hydroxyl groups is 1. The van der Waals surface area contributed by atoms with Crippen molar-refractivity contribution in [3.8, 4) is 0 Å². The quantitative estimate of drug-likeness (QED) is 0.384. The molecular weight excluding hydrogens is 469 g/mol. The van der Waals surface area contributed by atoms with Crippen LogP contribution in [-0.2, 0) is 0 Å². The van der Waals surface area contributed by atoms with Gasteiger partial charge in [0.2, 0.25) is 0 Å². The SMILES string of the molecule is CC.CCN(CC)CCCNCC1(O)CN(C(=O)c2ccc(F)c(F)c2Nc2ccc(C)cc2F)C1. The molecule has 1 aliphatic rings. The summed E-state index contributed by atoms with van der Waals surface area (Å²) in [4.78, 5) is 16.7. The van der Waals surface area contributed by atoms with Gasteiger partial charge < -0.3 is 25.5 Å². The first-order valence-corrected chi connectivity index (χ1v) is 12.6. The van der Waals surface area contributed by atoms with Crippen LogP contribution >= 0.6 is 0 Å². The number of nitrogens with zero attached hydrogens (tertiary/aromatic N) is 2. The number of β-amino-alcohol motifs (C(OH)–C–C–N with tert-alkyl or cyclic N) is 1. The standard InChI is InChI=1S/C25H33F3N4O2.C2H6/c1-4-31(5-2)12-6-11-29-14-25(34)15-32(16-25)24(33)18-8-9-19(26)22(28)23(18)30-21-10-7-17(3)13-20(21)27;1-2/h7-10,13,29-30,34H,4-6,11-12,14-16H2,1-3H3;1-2H3. The van der Waals surface area contributed by atoms with Crippen molar-refractivity contribution in [1.29, 1.82) is 0 Å². The van der Waals surface area contributed by atoms with Gasteiger partial charge in [-0.3, -0.25) is 4.79 Å². The molecule has 1 heterocycles. The van der Waals surface area contributed by atoms with Crippen molar-refractivity contribution in [3.63, 3.8) is 0 Å². The van der Waals surface area contributed by atoms with Gasteiger partial charge in [-0.2, -0.15) is 0 Å². The van der Waals surface area contributed by atoms with E-state index >= 15 is 0 Å². The van der Waals surface area contributed by atoms with Crippen molar-refractivity contribution < 1.29 is 23.1 Å². The predicted octanol–water partition coefficient (Wildman–Crippen LogP) is 4.69. The molecule has 2 aromatic rings. The third kappa shape index (κ3) is 7.44. The van der Waals surface area contributed by atoms with Crippen LogP contribution in [-0.4, -0.2) is 72.2 Å². The van der Waals surface area contributed by atoms with E-state index in [0.717, 1.165) is 44.7 Å². The highest BCUT2D eigenvalue weighted by molar-refractivity contribution is 6.01. The molecule has 6 nitrogen and oxygen atoms in total. The number of aryl methyl sites for hydroxylation is 1. The first-order valence-electron chi connectivity index (χ1n) is 12.6. The third-order valence-electron chi connectivity index (χ3n) is 6.14. The fourth-order valence-electron chi connectivity index (χ4n) is 4.09. The molecule has 0 unspecified atom stereocenters. The molecule has 0 bridgehead atoms. The van der Waals surface area contributed by atoms with Gasteiger partial charge in [0.15, 0.2) is 11.6 Å². The minimum Gasteiger partial charge on any atom is -0.385 e. The topological polar surface area (TPSA) is 67.8 Å². The van der Waals surface area contributed by atoms with Crippen LogP contribution in [0.2, 0.25) is 0 Å². The Balaban J connectivity index is 0.00000222. The molecule has 0 aromatic heterocycles. The van der Waals surface area contributed by atoms with Gasteiger partial charge in [-0.15, -0.1) is 0 Å². The number of amides is 1. The highest BCUT2D eigenvalue weighted by Gasteiger charge is 2.44. The number of carbonyl (C=O) groups is 1. The van der Waals surface area contributed by atoms with Crippen LogP contribution < -0.4 is 10.6 Å². The van der Waals surface area contributed by atoms with Crippen LogP contribution in [0.15, 0.2) is 30.3 Å². The van der Waals surface area contributed by atoms with E-state index in [4.69, 9.17) is 0 Å². The van der Waals surface area contributed by atoms with E-state index in [9.17, 15) is 23.1 Å². The van der Waals surface area contributed by atoms with E-state index in [1.54, 1.807) is 13.0 Å². The number of anilines is 2. The summed E-state index contributed by atoms with van der Waals surface area (Å²) in [6.07, 6.45) is 0.944. The number of carbonyl (C=O) groups excluding carboxylic acids is 1. The highest BCUT2D eigenvalue weighted by Crippen LogP contribution is 2.31. The minimum atomic E-state index is -1.27. The van der Waals surface area contributed by atoms with Crippen molar-refractivity contribution in [1.82, 2.24) is 15.1 Å². The molecule has 200 valence electrons. The predicted molar refractivity (Wildman–Crippen MR) is 138 cm³/mol. The first kappa shape index (κ1) is 29.6. The molecule has 0 atom stereocenters. The lowest BCUT2D eigenvalue weighted by Crippen LogP contribution is -2.67. The van der Waals surface area contributed by atoms with Gasteiger partial charge in [0.05, 0.1) is 30.0 Å². The molecule has 1 saturated heterocycles. The van der Waals surface area contributed by atoms with Crippen LogP contribution in [0.3, 0.4) is 0 Å². The Morgan fingerprint density at radius 2 is 1.75 bits per heavy atom. The molecule has 9 heteroatoms. The number of benzene rings is 2. The average Bonchev–Trinajstić information content (AvgIpc) is 2.85. The summed E-state index contributed by atoms with van der Waals surface area (Å²) in [5.41, 5.74) is -1.05. The molecule has 3 N–H and O–H groups in total. The Morgan fingerprint density at radius 1 is 1.08 bits per heavy atom. The normalized spacial score (nSPS) is 14.2. The largest absolute Gasteiger partial charge is 0.385 e. The second kappa shape index (κ2) is 13.6. The Labute approximate surface area is 212 Å². The molecule has 0 aliphatic carbocycles. The van der Waals surface area contributed by atoms with Crippen LogP contribution in [0.25, 0.3) is 0 Å². The Hall–Kier alpha value is -2.62. The van der Waals surface area contributed by atoms with Gasteiger partial charge in [0, 0.05) is 6.54 Å². The summed E-state index contributed by atoms with van der Waals surface area (Å²) in [5, 5.41) is 16.4. The van der Waals surface area contributed by atoms with Crippen molar-refractivity contribution in [3.05, 3.63) is 58.9 Å². The zero-order valence-electron chi connectivity index (χ0n) is 21.9. The lowest BCUT2D eigenvalue weighted by molar-refractivity contribution is -0.0784. The summed E-state index contributed by atoms with van der Waals surface area (Å²) < 4.78 is 42.8. The average molecular weight is 509 g/mol. The number of halogens is 3. The lowest BCUT2D eigenvalue weighted by Gasteiger charge is -2.46. The maximum atomic E-state index is 14.6. The van der Waals surface area contributed by atoms with Gasteiger partial charge >= 0.3 is 0 Å². The fourth-order valence-corrected chi connectivity index (χ4v) is 4.09. The van der Waals surface area contributed by atoms with Gasteiger partial charge in [0.25, 0.3) is 5.91 Å². The second-order valence-corrected chi connectivity index (χ2v) is 8.83. The maximum Gasteiger partial charge on any atom is 0.256 e. The van der Waals surface area contributed by atoms with E-state index in [2.05, 4.69) is 29.4 Å². The van der Waals surface area contributed by atoms with Crippen molar-refractivity contribution in [2.75, 3.05) is 51.1 Å². The number of hydrogen-bond donors (Lipinski definition) is 3. The van der Waals surface area contributed by atoms with Crippen LogP contribution in [0, 0.1) is 24.4 Å². The van der Waals surface area contributed by atoms with Crippen molar-refractivity contribution >= 4 is 17.3 Å². The number of likely N-dealkylation sites (tertiary alicyclic amines) is 1. The second-order valence-electron chi connectivity index (χ2n) is 8.83. The van der Waals surface area contributed by atoms with E-state index < -0.39 is 34.6 Å². The molecule has 1 fully saturated rings. The first-order chi connectivity index (χ1) is 17.2. The zero-order chi connectivity index (χ0) is 26.9. The molecule has 0 saturated carbocycles. The molecule has 3 rings (SSSR count). The van der Waals surface area contributed by atoms with Gasteiger partial charge in [-0.05, 0) is 69.4 Å². The Morgan fingerprint density at radius 3 is 2.36 bits per heavy atom. The van der Waals surface area contributed by atoms with Crippen LogP contribution in [0.4, 0.5) is 24.5 Å². The van der Waals surface area contributed by atoms with E-state index in [1.165, 1.54) is 17.0 Å². The van der Waals surface area contributed by atoms with Gasteiger partial charge in [-0.1, -0.05) is 33.8 Å².